The van der Waals surface area contributed by atoms with Gasteiger partial charge >= 0.3 is 0 Å². The number of hydrogen-bond acceptors (Lipinski definition) is 2. The number of ether oxygens (including phenoxy) is 2. The second-order valence-electron chi connectivity index (χ2n) is 8.89. The van der Waals surface area contributed by atoms with E-state index in [0.29, 0.717) is 0 Å². The maximum atomic E-state index is 6.39. The third kappa shape index (κ3) is 2.25. The molecule has 3 nitrogen and oxygen atoms in total. The van der Waals surface area contributed by atoms with Gasteiger partial charge in [-0.15, -0.1) is 0 Å². The summed E-state index contributed by atoms with van der Waals surface area (Å²) in [5, 5.41) is 2.54. The van der Waals surface area contributed by atoms with E-state index in [4.69, 9.17) is 9.47 Å². The minimum Gasteiger partial charge on any atom is -0.459 e. The molecule has 0 saturated carbocycles. The summed E-state index contributed by atoms with van der Waals surface area (Å²) in [7, 11) is 0. The van der Waals surface area contributed by atoms with E-state index in [1.165, 1.54) is 32.7 Å². The van der Waals surface area contributed by atoms with Crippen LogP contribution >= 0.6 is 0 Å². The number of allylic oxidation sites excluding steroid dienone is 3. The maximum absolute atomic E-state index is 6.39. The van der Waals surface area contributed by atoms with Crippen LogP contribution in [0.4, 0.5) is 0 Å². The molecule has 154 valence electrons. The van der Waals surface area contributed by atoms with Gasteiger partial charge in [0, 0.05) is 21.9 Å². The molecule has 0 saturated heterocycles. The van der Waals surface area contributed by atoms with Crippen molar-refractivity contribution in [1.82, 2.24) is 4.57 Å². The van der Waals surface area contributed by atoms with Crippen LogP contribution in [0.1, 0.15) is 6.42 Å². The molecule has 33 heavy (non-hydrogen) atoms. The molecule has 4 heteroatoms. The Bertz CT molecular complexity index is 1650. The van der Waals surface area contributed by atoms with E-state index in [0.717, 1.165) is 40.6 Å². The Kier molecular flexibility index (Phi) is 3.27. The predicted molar refractivity (Wildman–Crippen MR) is 134 cm³/mol. The minimum atomic E-state index is 0.145. The summed E-state index contributed by atoms with van der Waals surface area (Å²) in [5.74, 6) is 3.71. The van der Waals surface area contributed by atoms with Crippen molar-refractivity contribution >= 4 is 39.4 Å². The Morgan fingerprint density at radius 1 is 0.697 bits per heavy atom. The van der Waals surface area contributed by atoms with Crippen LogP contribution in [0.15, 0.2) is 108 Å². The molecule has 3 aliphatic rings. The largest absolute Gasteiger partial charge is 0.459 e. The number of rotatable bonds is 1. The molecule has 1 aliphatic carbocycles. The molecule has 0 N–H and O–H groups in total. The van der Waals surface area contributed by atoms with Crippen molar-refractivity contribution in [2.75, 3.05) is 0 Å². The minimum absolute atomic E-state index is 0.145. The van der Waals surface area contributed by atoms with Gasteiger partial charge in [-0.25, -0.2) is 0 Å². The first-order valence-corrected chi connectivity index (χ1v) is 11.4. The Balaban J connectivity index is 1.41. The molecule has 0 atom stereocenters. The second-order valence-corrected chi connectivity index (χ2v) is 8.89. The van der Waals surface area contributed by atoms with Crippen LogP contribution in [0.5, 0.6) is 17.2 Å². The predicted octanol–water partition coefficient (Wildman–Crippen LogP) is 5.64. The first-order chi connectivity index (χ1) is 16.4. The molecule has 0 amide bonds. The van der Waals surface area contributed by atoms with Crippen LogP contribution in [0.2, 0.25) is 0 Å². The summed E-state index contributed by atoms with van der Waals surface area (Å²) in [6.45, 7) is 0.145. The van der Waals surface area contributed by atoms with Crippen molar-refractivity contribution in [2.45, 2.75) is 6.42 Å². The molecule has 8 rings (SSSR count). The molecule has 5 aromatic rings. The Morgan fingerprint density at radius 2 is 1.42 bits per heavy atom. The molecule has 0 fully saturated rings. The van der Waals surface area contributed by atoms with Crippen molar-refractivity contribution in [1.29, 1.82) is 0 Å². The topological polar surface area (TPSA) is 23.4 Å². The van der Waals surface area contributed by atoms with E-state index in [9.17, 15) is 0 Å². The van der Waals surface area contributed by atoms with Crippen molar-refractivity contribution in [3.63, 3.8) is 0 Å². The standard InChI is InChI=1S/C29H18BNO2/c1-3-10-23-19(7-1)20-8-2-4-11-24(20)31(23)18-15-16-26-22(17-18)30-21-9-5-12-25(21)32-27-13-6-14-28(33-26)29(27)30/h1-8,10-17H,9H2. The fraction of sp³-hybridized carbons (Fsp3) is 0.0345. The van der Waals surface area contributed by atoms with Gasteiger partial charge in [-0.05, 0) is 65.9 Å². The lowest BCUT2D eigenvalue weighted by Gasteiger charge is -2.32. The number of benzene rings is 4. The number of hydrogen-bond donors (Lipinski definition) is 0. The lowest BCUT2D eigenvalue weighted by Crippen LogP contribution is -2.50. The maximum Gasteiger partial charge on any atom is 0.256 e. The summed E-state index contributed by atoms with van der Waals surface area (Å²) >= 11 is 0. The van der Waals surface area contributed by atoms with Gasteiger partial charge in [0.05, 0.1) is 11.0 Å². The first kappa shape index (κ1) is 17.4. The second kappa shape index (κ2) is 6.20. The van der Waals surface area contributed by atoms with E-state index in [1.54, 1.807) is 0 Å². The summed E-state index contributed by atoms with van der Waals surface area (Å²) < 4.78 is 15.0. The highest BCUT2D eigenvalue weighted by molar-refractivity contribution is 6.93. The lowest BCUT2D eigenvalue weighted by atomic mass is 9.34. The smallest absolute Gasteiger partial charge is 0.256 e. The highest BCUT2D eigenvalue weighted by Gasteiger charge is 2.41. The fourth-order valence-corrected chi connectivity index (χ4v) is 5.80. The number of fused-ring (bicyclic) bond motifs is 6. The third-order valence-electron chi connectivity index (χ3n) is 7.17. The van der Waals surface area contributed by atoms with Gasteiger partial charge in [0.15, 0.2) is 0 Å². The van der Waals surface area contributed by atoms with Gasteiger partial charge in [-0.3, -0.25) is 0 Å². The summed E-state index contributed by atoms with van der Waals surface area (Å²) in [4.78, 5) is 0. The molecule has 0 spiro atoms. The van der Waals surface area contributed by atoms with Crippen molar-refractivity contribution < 1.29 is 9.47 Å². The normalized spacial score (nSPS) is 15.3. The van der Waals surface area contributed by atoms with E-state index < -0.39 is 0 Å². The SMILES string of the molecule is C1=CC2=C(C1)B1c3cc(-n4c5ccccc5c5ccccc54)ccc3Oc3cccc(c31)O2. The zero-order valence-electron chi connectivity index (χ0n) is 17.8. The van der Waals surface area contributed by atoms with Gasteiger partial charge in [0.25, 0.3) is 6.71 Å². The summed E-state index contributed by atoms with van der Waals surface area (Å²) in [5.41, 5.74) is 7.24. The molecular weight excluding hydrogens is 405 g/mol. The van der Waals surface area contributed by atoms with Gasteiger partial charge in [0.1, 0.15) is 23.0 Å². The van der Waals surface area contributed by atoms with Crippen molar-refractivity contribution in [2.24, 2.45) is 0 Å². The summed E-state index contributed by atoms with van der Waals surface area (Å²) in [6.07, 6.45) is 5.21. The van der Waals surface area contributed by atoms with Crippen molar-refractivity contribution in [3.05, 3.63) is 108 Å². The van der Waals surface area contributed by atoms with Gasteiger partial charge in [-0.2, -0.15) is 0 Å². The molecule has 0 unspecified atom stereocenters. The number of para-hydroxylation sites is 2. The summed E-state index contributed by atoms with van der Waals surface area (Å²) in [6, 6.07) is 30.0. The Hall–Kier alpha value is -4.18. The average molecular weight is 423 g/mol. The molecule has 2 aliphatic heterocycles. The van der Waals surface area contributed by atoms with Crippen LogP contribution in [0.25, 0.3) is 27.5 Å². The quantitative estimate of drug-likeness (QED) is 0.326. The van der Waals surface area contributed by atoms with Gasteiger partial charge < -0.3 is 14.0 Å². The van der Waals surface area contributed by atoms with Gasteiger partial charge in [-0.1, -0.05) is 48.5 Å². The van der Waals surface area contributed by atoms with E-state index in [-0.39, 0.29) is 6.71 Å². The Labute approximate surface area is 191 Å². The third-order valence-corrected chi connectivity index (χ3v) is 7.17. The van der Waals surface area contributed by atoms with Crippen LogP contribution in [0.3, 0.4) is 0 Å². The fourth-order valence-electron chi connectivity index (χ4n) is 5.80. The van der Waals surface area contributed by atoms with Crippen LogP contribution in [-0.2, 0) is 0 Å². The zero-order valence-corrected chi connectivity index (χ0v) is 17.8. The zero-order chi connectivity index (χ0) is 21.5. The van der Waals surface area contributed by atoms with Gasteiger partial charge in [0.2, 0.25) is 0 Å². The molecule has 0 radical (unpaired) electrons. The molecule has 0 bridgehead atoms. The molecule has 4 aromatic carbocycles. The van der Waals surface area contributed by atoms with Crippen LogP contribution < -0.4 is 20.4 Å². The monoisotopic (exact) mass is 423 g/mol. The van der Waals surface area contributed by atoms with E-state index >= 15 is 0 Å². The van der Waals surface area contributed by atoms with E-state index in [1.807, 2.05) is 18.2 Å². The number of aromatic nitrogens is 1. The first-order valence-electron chi connectivity index (χ1n) is 11.4. The van der Waals surface area contributed by atoms with E-state index in [2.05, 4.69) is 83.4 Å². The van der Waals surface area contributed by atoms with Crippen LogP contribution in [-0.4, -0.2) is 11.3 Å². The molecule has 1 aromatic heterocycles. The Morgan fingerprint density at radius 3 is 2.21 bits per heavy atom. The highest BCUT2D eigenvalue weighted by atomic mass is 16.5. The number of nitrogens with zero attached hydrogens (tertiary/aromatic N) is 1. The highest BCUT2D eigenvalue weighted by Crippen LogP contribution is 2.39. The molecule has 3 heterocycles. The molecular formula is C29H18BNO2. The average Bonchev–Trinajstić information content (AvgIpc) is 3.46. The van der Waals surface area contributed by atoms with Crippen LogP contribution in [0, 0.1) is 0 Å². The lowest BCUT2D eigenvalue weighted by molar-refractivity contribution is 0.434. The van der Waals surface area contributed by atoms with Crippen molar-refractivity contribution in [3.8, 4) is 22.9 Å².